The zero-order valence-electron chi connectivity index (χ0n) is 24.6. The molecule has 0 saturated heterocycles. The van der Waals surface area contributed by atoms with Gasteiger partial charge in [-0.15, -0.1) is 0 Å². The number of nitrogens with one attached hydrogen (secondary N) is 2. The number of hydrogen-bond acceptors (Lipinski definition) is 8. The lowest BCUT2D eigenvalue weighted by atomic mass is 10.0. The summed E-state index contributed by atoms with van der Waals surface area (Å²) in [5.41, 5.74) is 7.33. The van der Waals surface area contributed by atoms with Gasteiger partial charge in [0.15, 0.2) is 0 Å². The summed E-state index contributed by atoms with van der Waals surface area (Å²) in [5.74, 6) is 2.46. The first-order valence-electron chi connectivity index (χ1n) is 13.7. The third-order valence-electron chi connectivity index (χ3n) is 7.33. The molecular weight excluding hydrogens is 570 g/mol. The number of nitrogens with zero attached hydrogens (tertiary/aromatic N) is 5. The Morgan fingerprint density at radius 3 is 2.69 bits per heavy atom. The van der Waals surface area contributed by atoms with Crippen LogP contribution < -0.4 is 20.3 Å². The van der Waals surface area contributed by atoms with Crippen molar-refractivity contribution in [1.29, 1.82) is 0 Å². The smallest absolute Gasteiger partial charge is 0.266 e. The number of anilines is 4. The number of amides is 1. The van der Waals surface area contributed by atoms with Gasteiger partial charge in [0.2, 0.25) is 5.95 Å². The van der Waals surface area contributed by atoms with Crippen molar-refractivity contribution in [2.45, 2.75) is 12.2 Å². The van der Waals surface area contributed by atoms with Crippen molar-refractivity contribution in [3.8, 4) is 17.0 Å². The minimum absolute atomic E-state index is 0.0992. The summed E-state index contributed by atoms with van der Waals surface area (Å²) in [6, 6.07) is 12.1. The van der Waals surface area contributed by atoms with E-state index in [2.05, 4.69) is 63.0 Å². The molecule has 9 nitrogen and oxygen atoms in total. The molecule has 2 aromatic heterocycles. The normalized spacial score (nSPS) is 12.7. The molecule has 0 bridgehead atoms. The van der Waals surface area contributed by atoms with E-state index in [1.165, 1.54) is 5.56 Å². The number of hydrogen-bond donors (Lipinski definition) is 2. The Labute approximate surface area is 255 Å². The number of carbonyl (C=O) groups is 1. The van der Waals surface area contributed by atoms with Gasteiger partial charge in [-0.3, -0.25) is 4.79 Å². The fourth-order valence-electron chi connectivity index (χ4n) is 5.07. The van der Waals surface area contributed by atoms with Crippen molar-refractivity contribution in [3.05, 3.63) is 65.5 Å². The maximum Gasteiger partial charge on any atom is 0.266 e. The third kappa shape index (κ3) is 6.21. The molecular formula is C31H36ClN7O2S. The first-order chi connectivity index (χ1) is 20.2. The van der Waals surface area contributed by atoms with Crippen LogP contribution in [-0.4, -0.2) is 72.4 Å². The summed E-state index contributed by atoms with van der Waals surface area (Å²) in [5, 5.41) is 7.35. The number of para-hydroxylation sites is 1. The largest absolute Gasteiger partial charge is 0.494 e. The standard InChI is InChI=1S/C31H36ClN7O2S/c1-19(32)30(40)33-24-15-25(28(41-6)16-27(24)38(4)13-12-37(2)3)35-31-34-23-11-14-42-18-22(23)29(36-31)21-17-39(5)26-10-8-7-9-20(21)26/h7-10,15-17H,1,11-14,18H2,2-6H3,(H,33,40)(H,34,35,36). The van der Waals surface area contributed by atoms with Gasteiger partial charge in [0.25, 0.3) is 5.91 Å². The Morgan fingerprint density at radius 1 is 1.17 bits per heavy atom. The lowest BCUT2D eigenvalue weighted by Crippen LogP contribution is -2.29. The van der Waals surface area contributed by atoms with Crippen LogP contribution in [0.3, 0.4) is 0 Å². The van der Waals surface area contributed by atoms with Crippen molar-refractivity contribution < 1.29 is 9.53 Å². The molecule has 3 heterocycles. The van der Waals surface area contributed by atoms with Gasteiger partial charge >= 0.3 is 0 Å². The third-order valence-corrected chi connectivity index (χ3v) is 8.48. The van der Waals surface area contributed by atoms with Crippen LogP contribution in [0.5, 0.6) is 5.75 Å². The maximum absolute atomic E-state index is 12.6. The summed E-state index contributed by atoms with van der Waals surface area (Å²) in [6.45, 7) is 5.14. The lowest BCUT2D eigenvalue weighted by Gasteiger charge is -2.26. The number of fused-ring (bicyclic) bond motifs is 2. The highest BCUT2D eigenvalue weighted by Crippen LogP contribution is 2.40. The van der Waals surface area contributed by atoms with Gasteiger partial charge < -0.3 is 29.7 Å². The molecule has 11 heteroatoms. The summed E-state index contributed by atoms with van der Waals surface area (Å²) in [4.78, 5) is 26.8. The van der Waals surface area contributed by atoms with E-state index in [9.17, 15) is 4.79 Å². The highest BCUT2D eigenvalue weighted by atomic mass is 35.5. The molecule has 0 atom stereocenters. The fraction of sp³-hybridized carbons (Fsp3) is 0.323. The SMILES string of the molecule is C=C(Cl)C(=O)Nc1cc(Nc2nc3c(c(-c4cn(C)c5ccccc45)n2)CSCC3)c(OC)cc1N(C)CCN(C)C. The average Bonchev–Trinajstić information content (AvgIpc) is 3.31. The van der Waals surface area contributed by atoms with Crippen LogP contribution in [0.15, 0.2) is 54.2 Å². The summed E-state index contributed by atoms with van der Waals surface area (Å²) < 4.78 is 7.95. The molecule has 0 fully saturated rings. The van der Waals surface area contributed by atoms with E-state index < -0.39 is 5.91 Å². The zero-order chi connectivity index (χ0) is 30.0. The summed E-state index contributed by atoms with van der Waals surface area (Å²) in [6.07, 6.45) is 3.00. The first kappa shape index (κ1) is 29.8. The Hall–Kier alpha value is -3.73. The molecule has 0 saturated carbocycles. The van der Waals surface area contributed by atoms with Crippen molar-refractivity contribution in [2.75, 3.05) is 62.6 Å². The molecule has 1 aliphatic rings. The predicted octanol–water partition coefficient (Wildman–Crippen LogP) is 5.87. The molecule has 2 aromatic carbocycles. The molecule has 1 amide bonds. The number of thioether (sulfide) groups is 1. The Kier molecular flexibility index (Phi) is 8.96. The number of aromatic nitrogens is 3. The number of aryl methyl sites for hydroxylation is 2. The van der Waals surface area contributed by atoms with Crippen molar-refractivity contribution in [3.63, 3.8) is 0 Å². The number of methoxy groups -OCH3 is 1. The van der Waals surface area contributed by atoms with Crippen LogP contribution in [0.25, 0.3) is 22.2 Å². The molecule has 0 aliphatic carbocycles. The molecule has 0 unspecified atom stereocenters. The Bertz CT molecular complexity index is 1650. The van der Waals surface area contributed by atoms with Gasteiger partial charge in [-0.1, -0.05) is 36.4 Å². The monoisotopic (exact) mass is 605 g/mol. The van der Waals surface area contributed by atoms with Gasteiger partial charge in [-0.25, -0.2) is 9.97 Å². The second kappa shape index (κ2) is 12.6. The Balaban J connectivity index is 1.59. The molecule has 2 N–H and O–H groups in total. The summed E-state index contributed by atoms with van der Waals surface area (Å²) >= 11 is 7.84. The van der Waals surface area contributed by atoms with Gasteiger partial charge in [0.1, 0.15) is 5.75 Å². The topological polar surface area (TPSA) is 87.5 Å². The number of halogens is 1. The lowest BCUT2D eigenvalue weighted by molar-refractivity contribution is -0.112. The highest BCUT2D eigenvalue weighted by Gasteiger charge is 2.23. The maximum atomic E-state index is 12.6. The first-order valence-corrected chi connectivity index (χ1v) is 15.2. The van der Waals surface area contributed by atoms with Crippen molar-refractivity contribution in [1.82, 2.24) is 19.4 Å². The van der Waals surface area contributed by atoms with E-state index in [4.69, 9.17) is 26.3 Å². The van der Waals surface area contributed by atoms with Crippen LogP contribution in [0.4, 0.5) is 23.0 Å². The van der Waals surface area contributed by atoms with Gasteiger partial charge in [-0.2, -0.15) is 11.8 Å². The fourth-order valence-corrected chi connectivity index (χ4v) is 6.11. The van der Waals surface area contributed by atoms with Crippen LogP contribution in [0.1, 0.15) is 11.3 Å². The molecule has 4 aromatic rings. The predicted molar refractivity (Wildman–Crippen MR) is 176 cm³/mol. The zero-order valence-corrected chi connectivity index (χ0v) is 26.2. The molecule has 0 spiro atoms. The van der Waals surface area contributed by atoms with Crippen LogP contribution in [0.2, 0.25) is 0 Å². The van der Waals surface area contributed by atoms with E-state index in [0.29, 0.717) is 23.1 Å². The second-order valence-corrected chi connectivity index (χ2v) is 12.1. The van der Waals surface area contributed by atoms with E-state index in [1.807, 2.05) is 51.1 Å². The average molecular weight is 606 g/mol. The van der Waals surface area contributed by atoms with E-state index in [-0.39, 0.29) is 5.03 Å². The molecule has 42 heavy (non-hydrogen) atoms. The summed E-state index contributed by atoms with van der Waals surface area (Å²) in [7, 11) is 9.69. The number of rotatable bonds is 10. The minimum Gasteiger partial charge on any atom is -0.494 e. The quantitative estimate of drug-likeness (QED) is 0.217. The highest BCUT2D eigenvalue weighted by molar-refractivity contribution is 7.98. The van der Waals surface area contributed by atoms with Crippen LogP contribution >= 0.6 is 23.4 Å². The number of ether oxygens (including phenoxy) is 1. The molecule has 220 valence electrons. The van der Waals surface area contributed by atoms with Gasteiger partial charge in [0.05, 0.1) is 40.6 Å². The molecule has 5 rings (SSSR count). The second-order valence-electron chi connectivity index (χ2n) is 10.6. The van der Waals surface area contributed by atoms with E-state index in [0.717, 1.165) is 64.6 Å². The van der Waals surface area contributed by atoms with Gasteiger partial charge in [-0.05, 0) is 38.4 Å². The van der Waals surface area contributed by atoms with Crippen molar-refractivity contribution in [2.24, 2.45) is 7.05 Å². The number of carbonyl (C=O) groups excluding carboxylic acids is 1. The molecule has 1 aliphatic heterocycles. The number of benzene rings is 2. The number of likely N-dealkylation sites (N-methyl/N-ethyl adjacent to an activating group) is 2. The van der Waals surface area contributed by atoms with Crippen LogP contribution in [-0.2, 0) is 24.0 Å². The van der Waals surface area contributed by atoms with Crippen LogP contribution in [0, 0.1) is 0 Å². The van der Waals surface area contributed by atoms with E-state index >= 15 is 0 Å². The minimum atomic E-state index is -0.476. The van der Waals surface area contributed by atoms with E-state index in [1.54, 1.807) is 7.11 Å². The Morgan fingerprint density at radius 2 is 1.95 bits per heavy atom. The van der Waals surface area contributed by atoms with Crippen molar-refractivity contribution >= 4 is 63.2 Å². The van der Waals surface area contributed by atoms with Gasteiger partial charge in [0, 0.05) is 67.2 Å². The molecule has 0 radical (unpaired) electrons.